The molecule has 1 aliphatic carbocycles. The van der Waals surface area contributed by atoms with Gasteiger partial charge in [-0.1, -0.05) is 31.2 Å². The summed E-state index contributed by atoms with van der Waals surface area (Å²) in [5.74, 6) is 2.44. The Morgan fingerprint density at radius 3 is 2.81 bits per heavy atom. The summed E-state index contributed by atoms with van der Waals surface area (Å²) >= 11 is 0. The van der Waals surface area contributed by atoms with E-state index in [-0.39, 0.29) is 0 Å². The van der Waals surface area contributed by atoms with Gasteiger partial charge in [0.2, 0.25) is 5.95 Å². The number of aromatic nitrogens is 2. The molecule has 1 fully saturated rings. The molecule has 4 nitrogen and oxygen atoms in total. The molecule has 1 saturated heterocycles. The summed E-state index contributed by atoms with van der Waals surface area (Å²) in [6, 6.07) is 11.5. The smallest absolute Gasteiger partial charge is 0.224 e. The molecule has 2 bridgehead atoms. The van der Waals surface area contributed by atoms with E-state index in [1.807, 2.05) is 7.05 Å². The van der Waals surface area contributed by atoms with Gasteiger partial charge in [0.1, 0.15) is 5.82 Å². The molecule has 2 atom stereocenters. The van der Waals surface area contributed by atoms with Gasteiger partial charge >= 0.3 is 0 Å². The van der Waals surface area contributed by atoms with E-state index < -0.39 is 0 Å². The topological polar surface area (TPSA) is 41.1 Å². The summed E-state index contributed by atoms with van der Waals surface area (Å²) in [4.78, 5) is 11.6. The fourth-order valence-corrected chi connectivity index (χ4v) is 3.72. The van der Waals surface area contributed by atoms with Gasteiger partial charge in [-0.2, -0.15) is 4.98 Å². The predicted octanol–water partition coefficient (Wildman–Crippen LogP) is 3.13. The Bertz CT molecular complexity index is 660. The summed E-state index contributed by atoms with van der Waals surface area (Å²) < 4.78 is 0. The van der Waals surface area contributed by atoms with Crippen LogP contribution in [0.3, 0.4) is 0 Å². The minimum Gasteiger partial charge on any atom is -0.357 e. The first-order valence-electron chi connectivity index (χ1n) is 7.71. The van der Waals surface area contributed by atoms with E-state index in [1.165, 1.54) is 17.5 Å². The first kappa shape index (κ1) is 12.6. The summed E-state index contributed by atoms with van der Waals surface area (Å²) in [5, 5.41) is 3.08. The SMILES string of the molecule is CCc1cc(N2C[C@H]3C[C@H]2c2ccccc23)nc(NC)n1. The Labute approximate surface area is 125 Å². The van der Waals surface area contributed by atoms with Crippen LogP contribution in [0, 0.1) is 0 Å². The Balaban J connectivity index is 1.74. The lowest BCUT2D eigenvalue weighted by molar-refractivity contribution is 0.727. The molecule has 1 N–H and O–H groups in total. The van der Waals surface area contributed by atoms with E-state index in [9.17, 15) is 0 Å². The van der Waals surface area contributed by atoms with Crippen LogP contribution in [-0.4, -0.2) is 23.6 Å². The monoisotopic (exact) mass is 280 g/mol. The number of hydrogen-bond donors (Lipinski definition) is 1. The van der Waals surface area contributed by atoms with Gasteiger partial charge in [-0.3, -0.25) is 0 Å². The van der Waals surface area contributed by atoms with Crippen molar-refractivity contribution in [2.24, 2.45) is 0 Å². The molecule has 2 aliphatic rings. The molecule has 2 heterocycles. The number of anilines is 2. The molecule has 0 amide bonds. The molecule has 1 aromatic carbocycles. The van der Waals surface area contributed by atoms with Gasteiger partial charge in [0, 0.05) is 31.3 Å². The highest BCUT2D eigenvalue weighted by Crippen LogP contribution is 2.51. The number of nitrogens with zero attached hydrogens (tertiary/aromatic N) is 3. The third-order valence-electron chi connectivity index (χ3n) is 4.74. The van der Waals surface area contributed by atoms with Crippen molar-refractivity contribution < 1.29 is 0 Å². The van der Waals surface area contributed by atoms with Crippen molar-refractivity contribution in [3.63, 3.8) is 0 Å². The molecule has 0 radical (unpaired) electrons. The van der Waals surface area contributed by atoms with E-state index >= 15 is 0 Å². The molecule has 4 heteroatoms. The molecular formula is C17H20N4. The number of aryl methyl sites for hydroxylation is 1. The van der Waals surface area contributed by atoms with Crippen LogP contribution in [0.5, 0.6) is 0 Å². The highest BCUT2D eigenvalue weighted by atomic mass is 15.3. The number of benzene rings is 1. The van der Waals surface area contributed by atoms with Gasteiger partial charge in [0.15, 0.2) is 0 Å². The maximum Gasteiger partial charge on any atom is 0.224 e. The molecule has 2 aromatic rings. The van der Waals surface area contributed by atoms with Crippen LogP contribution in [0.2, 0.25) is 0 Å². The van der Waals surface area contributed by atoms with E-state index in [0.29, 0.717) is 12.0 Å². The normalized spacial score (nSPS) is 22.5. The van der Waals surface area contributed by atoms with E-state index in [4.69, 9.17) is 0 Å². The van der Waals surface area contributed by atoms with Crippen molar-refractivity contribution in [1.82, 2.24) is 9.97 Å². The lowest BCUT2D eigenvalue weighted by Gasteiger charge is -2.30. The van der Waals surface area contributed by atoms with Crippen molar-refractivity contribution >= 4 is 11.8 Å². The zero-order valence-electron chi connectivity index (χ0n) is 12.5. The van der Waals surface area contributed by atoms with Gasteiger partial charge in [0.25, 0.3) is 0 Å². The molecule has 21 heavy (non-hydrogen) atoms. The zero-order valence-corrected chi connectivity index (χ0v) is 12.5. The fraction of sp³-hybridized carbons (Fsp3) is 0.412. The largest absolute Gasteiger partial charge is 0.357 e. The fourth-order valence-electron chi connectivity index (χ4n) is 3.72. The Morgan fingerprint density at radius 2 is 2.05 bits per heavy atom. The number of fused-ring (bicyclic) bond motifs is 5. The highest BCUT2D eigenvalue weighted by Gasteiger charge is 2.42. The second kappa shape index (κ2) is 4.72. The Kier molecular flexibility index (Phi) is 2.84. The van der Waals surface area contributed by atoms with E-state index in [0.717, 1.165) is 30.4 Å². The molecule has 1 aromatic heterocycles. The molecule has 108 valence electrons. The summed E-state index contributed by atoms with van der Waals surface area (Å²) in [7, 11) is 1.88. The van der Waals surface area contributed by atoms with Crippen molar-refractivity contribution in [1.29, 1.82) is 0 Å². The van der Waals surface area contributed by atoms with Crippen LogP contribution < -0.4 is 10.2 Å². The predicted molar refractivity (Wildman–Crippen MR) is 84.8 cm³/mol. The molecule has 4 rings (SSSR count). The second-order valence-electron chi connectivity index (χ2n) is 5.87. The van der Waals surface area contributed by atoms with Gasteiger partial charge < -0.3 is 10.2 Å². The third-order valence-corrected chi connectivity index (χ3v) is 4.74. The minimum atomic E-state index is 0.482. The maximum absolute atomic E-state index is 4.68. The van der Waals surface area contributed by atoms with Crippen LogP contribution in [0.15, 0.2) is 30.3 Å². The summed E-state index contributed by atoms with van der Waals surface area (Å²) in [6.07, 6.45) is 2.16. The summed E-state index contributed by atoms with van der Waals surface area (Å²) in [5.41, 5.74) is 4.12. The molecule has 0 spiro atoms. The number of rotatable bonds is 3. The van der Waals surface area contributed by atoms with Crippen molar-refractivity contribution in [3.05, 3.63) is 47.2 Å². The third kappa shape index (κ3) is 1.89. The van der Waals surface area contributed by atoms with Crippen LogP contribution >= 0.6 is 0 Å². The first-order valence-corrected chi connectivity index (χ1v) is 7.71. The van der Waals surface area contributed by atoms with Crippen LogP contribution in [-0.2, 0) is 6.42 Å². The first-order chi connectivity index (χ1) is 10.3. The van der Waals surface area contributed by atoms with Crippen molar-refractivity contribution in [2.45, 2.75) is 31.7 Å². The average molecular weight is 280 g/mol. The van der Waals surface area contributed by atoms with Crippen LogP contribution in [0.4, 0.5) is 11.8 Å². The second-order valence-corrected chi connectivity index (χ2v) is 5.87. The van der Waals surface area contributed by atoms with Crippen LogP contribution in [0.25, 0.3) is 0 Å². The minimum absolute atomic E-state index is 0.482. The van der Waals surface area contributed by atoms with Crippen molar-refractivity contribution in [2.75, 3.05) is 23.8 Å². The number of nitrogens with one attached hydrogen (secondary N) is 1. The highest BCUT2D eigenvalue weighted by molar-refractivity contribution is 5.55. The zero-order chi connectivity index (χ0) is 14.4. The van der Waals surface area contributed by atoms with Gasteiger partial charge in [-0.15, -0.1) is 0 Å². The van der Waals surface area contributed by atoms with Crippen molar-refractivity contribution in [3.8, 4) is 0 Å². The Hall–Kier alpha value is -2.10. The lowest BCUT2D eigenvalue weighted by Crippen LogP contribution is -2.28. The molecular weight excluding hydrogens is 260 g/mol. The number of hydrogen-bond acceptors (Lipinski definition) is 4. The van der Waals surface area contributed by atoms with Gasteiger partial charge in [0.05, 0.1) is 6.04 Å². The molecule has 1 aliphatic heterocycles. The van der Waals surface area contributed by atoms with E-state index in [1.54, 1.807) is 0 Å². The van der Waals surface area contributed by atoms with Gasteiger partial charge in [-0.25, -0.2) is 4.98 Å². The molecule has 0 saturated carbocycles. The van der Waals surface area contributed by atoms with Crippen LogP contribution in [0.1, 0.15) is 42.1 Å². The quantitative estimate of drug-likeness (QED) is 0.938. The summed E-state index contributed by atoms with van der Waals surface area (Å²) in [6.45, 7) is 3.21. The van der Waals surface area contributed by atoms with Gasteiger partial charge in [-0.05, 0) is 24.0 Å². The lowest BCUT2D eigenvalue weighted by atomic mass is 9.99. The van der Waals surface area contributed by atoms with E-state index in [2.05, 4.69) is 57.4 Å². The Morgan fingerprint density at radius 1 is 1.24 bits per heavy atom. The average Bonchev–Trinajstić information content (AvgIpc) is 3.14. The standard InChI is InChI=1S/C17H20N4/c1-3-12-9-16(20-17(18-2)19-12)21-10-11-8-15(21)14-7-5-4-6-13(11)14/h4-7,9,11,15H,3,8,10H2,1-2H3,(H,18,19,20)/t11-,15+/m1/s1. The molecule has 0 unspecified atom stereocenters. The maximum atomic E-state index is 4.68.